The van der Waals surface area contributed by atoms with E-state index >= 15 is 4.39 Å². The molecule has 2 aromatic rings. The molecule has 4 atom stereocenters. The molecule has 0 spiro atoms. The first-order chi connectivity index (χ1) is 17.4. The van der Waals surface area contributed by atoms with E-state index in [0.717, 1.165) is 25.7 Å². The highest BCUT2D eigenvalue weighted by Gasteiger charge is 2.29. The van der Waals surface area contributed by atoms with E-state index in [2.05, 4.69) is 6.92 Å². The smallest absolute Gasteiger partial charge is 0.167 e. The van der Waals surface area contributed by atoms with Crippen LogP contribution in [0.25, 0.3) is 11.1 Å². The summed E-state index contributed by atoms with van der Waals surface area (Å²) in [6.45, 7) is 5.63. The maximum absolute atomic E-state index is 15.0. The van der Waals surface area contributed by atoms with E-state index in [1.54, 1.807) is 0 Å². The van der Waals surface area contributed by atoms with Gasteiger partial charge in [-0.2, -0.15) is 0 Å². The maximum atomic E-state index is 15.0. The summed E-state index contributed by atoms with van der Waals surface area (Å²) in [6, 6.07) is 5.48. The van der Waals surface area contributed by atoms with Crippen molar-refractivity contribution in [2.75, 3.05) is 19.8 Å². The van der Waals surface area contributed by atoms with E-state index in [1.807, 2.05) is 6.92 Å². The highest BCUT2D eigenvalue weighted by Crippen LogP contribution is 2.36. The van der Waals surface area contributed by atoms with Crippen molar-refractivity contribution in [3.8, 4) is 11.1 Å². The molecule has 2 heterocycles. The van der Waals surface area contributed by atoms with E-state index in [9.17, 15) is 13.2 Å². The Labute approximate surface area is 211 Å². The molecule has 0 aromatic heterocycles. The minimum atomic E-state index is -1.20. The molecular weight excluding hydrogens is 472 g/mol. The quantitative estimate of drug-likeness (QED) is 0.325. The van der Waals surface area contributed by atoms with Crippen molar-refractivity contribution in [3.63, 3.8) is 0 Å². The van der Waals surface area contributed by atoms with Crippen molar-refractivity contribution in [1.29, 1.82) is 0 Å². The Hall–Kier alpha value is -1.96. The summed E-state index contributed by atoms with van der Waals surface area (Å²) >= 11 is 0. The summed E-state index contributed by atoms with van der Waals surface area (Å²) in [4.78, 5) is 0. The van der Waals surface area contributed by atoms with Gasteiger partial charge in [-0.05, 0) is 63.4 Å². The van der Waals surface area contributed by atoms with Gasteiger partial charge in [0.2, 0.25) is 0 Å². The maximum Gasteiger partial charge on any atom is 0.167 e. The first kappa shape index (κ1) is 27.1. The molecule has 7 heteroatoms. The molecule has 2 aliphatic heterocycles. The molecule has 2 aromatic carbocycles. The molecule has 0 saturated carbocycles. The van der Waals surface area contributed by atoms with Crippen LogP contribution in [0.5, 0.6) is 0 Å². The Morgan fingerprint density at radius 2 is 1.53 bits per heavy atom. The Bertz CT molecular complexity index is 1010. The third-order valence-corrected chi connectivity index (χ3v) is 7.45. The molecule has 0 bridgehead atoms. The van der Waals surface area contributed by atoms with Gasteiger partial charge in [0.05, 0.1) is 24.9 Å². The van der Waals surface area contributed by atoms with Crippen LogP contribution in [0.15, 0.2) is 24.3 Å². The minimum absolute atomic E-state index is 0.0325. The SMILES string of the molecule is CCCC1CCC(CCc2ccc(-c3ccc(C4CCC(OCC)CO4)c(F)c3F)c(F)c2F)OC1. The van der Waals surface area contributed by atoms with Gasteiger partial charge in [0.15, 0.2) is 23.3 Å². The lowest BCUT2D eigenvalue weighted by atomic mass is 9.91. The molecule has 4 unspecified atom stereocenters. The molecule has 2 saturated heterocycles. The summed E-state index contributed by atoms with van der Waals surface area (Å²) in [7, 11) is 0. The minimum Gasteiger partial charge on any atom is -0.378 e. The van der Waals surface area contributed by atoms with Crippen LogP contribution >= 0.6 is 0 Å². The van der Waals surface area contributed by atoms with Crippen LogP contribution in [0, 0.1) is 29.2 Å². The number of rotatable bonds is 9. The second-order valence-electron chi connectivity index (χ2n) is 9.93. The lowest BCUT2D eigenvalue weighted by Gasteiger charge is -2.29. The lowest BCUT2D eigenvalue weighted by molar-refractivity contribution is -0.0850. The molecule has 3 nitrogen and oxygen atoms in total. The third-order valence-electron chi connectivity index (χ3n) is 7.45. The fourth-order valence-corrected chi connectivity index (χ4v) is 5.39. The summed E-state index contributed by atoms with van der Waals surface area (Å²) in [5, 5.41) is 0. The fraction of sp³-hybridized carbons (Fsp3) is 0.586. The van der Waals surface area contributed by atoms with Gasteiger partial charge < -0.3 is 14.2 Å². The molecule has 0 aliphatic carbocycles. The van der Waals surface area contributed by atoms with Crippen molar-refractivity contribution in [2.24, 2.45) is 5.92 Å². The van der Waals surface area contributed by atoms with Gasteiger partial charge in [-0.25, -0.2) is 17.6 Å². The Kier molecular flexibility index (Phi) is 9.42. The van der Waals surface area contributed by atoms with Gasteiger partial charge >= 0.3 is 0 Å². The standard InChI is InChI=1S/C29H36F4O3/c1-3-5-18-6-9-20(35-16-18)10-7-19-8-12-22(27(31)26(19)30)23-13-14-24(29(33)28(23)32)25-15-11-21(17-36-25)34-4-2/h8,12-14,18,20-21,25H,3-7,9-11,15-17H2,1-2H3. The van der Waals surface area contributed by atoms with Crippen molar-refractivity contribution >= 4 is 0 Å². The van der Waals surface area contributed by atoms with Crippen LogP contribution in [0.2, 0.25) is 0 Å². The molecule has 0 radical (unpaired) electrons. The predicted octanol–water partition coefficient (Wildman–Crippen LogP) is 7.69. The molecule has 2 aliphatic rings. The fourth-order valence-electron chi connectivity index (χ4n) is 5.39. The zero-order valence-electron chi connectivity index (χ0n) is 21.1. The molecule has 0 N–H and O–H groups in total. The van der Waals surface area contributed by atoms with Crippen molar-refractivity contribution in [3.05, 3.63) is 58.7 Å². The molecular formula is C29H36F4O3. The number of ether oxygens (including phenoxy) is 3. The predicted molar refractivity (Wildman–Crippen MR) is 131 cm³/mol. The van der Waals surface area contributed by atoms with Crippen molar-refractivity contribution < 1.29 is 31.8 Å². The first-order valence-electron chi connectivity index (χ1n) is 13.2. The molecule has 4 rings (SSSR count). The van der Waals surface area contributed by atoms with Crippen molar-refractivity contribution in [1.82, 2.24) is 0 Å². The zero-order chi connectivity index (χ0) is 25.7. The number of hydrogen-bond donors (Lipinski definition) is 0. The monoisotopic (exact) mass is 508 g/mol. The zero-order valence-corrected chi connectivity index (χ0v) is 21.1. The molecule has 198 valence electrons. The van der Waals surface area contributed by atoms with Crippen LogP contribution < -0.4 is 0 Å². The van der Waals surface area contributed by atoms with Gasteiger partial charge in [-0.1, -0.05) is 37.6 Å². The highest BCUT2D eigenvalue weighted by molar-refractivity contribution is 5.66. The summed E-state index contributed by atoms with van der Waals surface area (Å²) in [6.07, 6.45) is 5.74. The van der Waals surface area contributed by atoms with Crippen LogP contribution in [0.4, 0.5) is 17.6 Å². The normalized spacial score (nSPS) is 24.7. The largest absolute Gasteiger partial charge is 0.378 e. The molecule has 36 heavy (non-hydrogen) atoms. The summed E-state index contributed by atoms with van der Waals surface area (Å²) in [5.74, 6) is -3.90. The average molecular weight is 509 g/mol. The average Bonchev–Trinajstić information content (AvgIpc) is 2.89. The van der Waals surface area contributed by atoms with Crippen LogP contribution in [0.1, 0.15) is 76.0 Å². The molecule has 2 fully saturated rings. The van der Waals surface area contributed by atoms with Gasteiger partial charge in [0.25, 0.3) is 0 Å². The van der Waals surface area contributed by atoms with E-state index in [-0.39, 0.29) is 34.5 Å². The van der Waals surface area contributed by atoms with E-state index in [0.29, 0.717) is 51.4 Å². The van der Waals surface area contributed by atoms with Gasteiger partial charge in [0, 0.05) is 29.9 Å². The van der Waals surface area contributed by atoms with Gasteiger partial charge in [-0.15, -0.1) is 0 Å². The molecule has 0 amide bonds. The van der Waals surface area contributed by atoms with Crippen LogP contribution in [-0.2, 0) is 20.6 Å². The second-order valence-corrected chi connectivity index (χ2v) is 9.93. The van der Waals surface area contributed by atoms with Crippen LogP contribution in [-0.4, -0.2) is 32.0 Å². The third kappa shape index (κ3) is 6.12. The Morgan fingerprint density at radius 1 is 0.778 bits per heavy atom. The summed E-state index contributed by atoms with van der Waals surface area (Å²) in [5.41, 5.74) is -0.305. The van der Waals surface area contributed by atoms with Crippen molar-refractivity contribution in [2.45, 2.75) is 83.5 Å². The van der Waals surface area contributed by atoms with Gasteiger partial charge in [0.1, 0.15) is 0 Å². The highest BCUT2D eigenvalue weighted by atomic mass is 19.2. The van der Waals surface area contributed by atoms with Crippen LogP contribution in [0.3, 0.4) is 0 Å². The number of halogens is 4. The summed E-state index contributed by atoms with van der Waals surface area (Å²) < 4.78 is 77.0. The van der Waals surface area contributed by atoms with E-state index in [4.69, 9.17) is 14.2 Å². The lowest BCUT2D eigenvalue weighted by Crippen LogP contribution is -2.28. The Balaban J connectivity index is 1.43. The number of aryl methyl sites for hydroxylation is 1. The number of benzene rings is 2. The first-order valence-corrected chi connectivity index (χ1v) is 13.2. The van der Waals surface area contributed by atoms with E-state index in [1.165, 1.54) is 24.3 Å². The number of hydrogen-bond acceptors (Lipinski definition) is 3. The van der Waals surface area contributed by atoms with E-state index < -0.39 is 29.4 Å². The topological polar surface area (TPSA) is 27.7 Å². The second kappa shape index (κ2) is 12.5. The van der Waals surface area contributed by atoms with Gasteiger partial charge in [-0.3, -0.25) is 0 Å². The Morgan fingerprint density at radius 3 is 2.17 bits per heavy atom.